The van der Waals surface area contributed by atoms with Gasteiger partial charge in [-0.3, -0.25) is 19.3 Å². The van der Waals surface area contributed by atoms with Crippen molar-refractivity contribution in [1.82, 2.24) is 10.2 Å². The summed E-state index contributed by atoms with van der Waals surface area (Å²) >= 11 is 2.61. The van der Waals surface area contributed by atoms with Gasteiger partial charge in [-0.2, -0.15) is 0 Å². The first-order chi connectivity index (χ1) is 13.4. The minimum Gasteiger partial charge on any atom is -0.324 e. The van der Waals surface area contributed by atoms with Gasteiger partial charge in [0.2, 0.25) is 16.9 Å². The fraction of sp³-hybridized carbons (Fsp3) is 0.421. The van der Waals surface area contributed by atoms with Gasteiger partial charge in [0.05, 0.1) is 10.9 Å². The Hall–Kier alpha value is -2.26. The van der Waals surface area contributed by atoms with Gasteiger partial charge in [-0.15, -0.1) is 10.2 Å². The molecule has 1 aromatic carbocycles. The van der Waals surface area contributed by atoms with Gasteiger partial charge >= 0.3 is 0 Å². The first kappa shape index (κ1) is 20.5. The molecule has 0 bridgehead atoms. The van der Waals surface area contributed by atoms with E-state index in [9.17, 15) is 14.4 Å². The number of Topliss-reactive ketones (excluding diaryl/α,β-unsaturated/α-hetero) is 1. The van der Waals surface area contributed by atoms with Gasteiger partial charge in [0, 0.05) is 18.0 Å². The lowest BCUT2D eigenvalue weighted by Gasteiger charge is -2.17. The maximum Gasteiger partial charge on any atom is 0.237 e. The van der Waals surface area contributed by atoms with Gasteiger partial charge in [-0.25, -0.2) is 0 Å². The zero-order valence-electron chi connectivity index (χ0n) is 16.0. The number of carbonyl (C=O) groups is 3. The second-order valence-electron chi connectivity index (χ2n) is 6.55. The molecular formula is C19H22N4O3S2. The van der Waals surface area contributed by atoms with Crippen molar-refractivity contribution < 1.29 is 14.4 Å². The average Bonchev–Trinajstić information content (AvgIpc) is 3.40. The van der Waals surface area contributed by atoms with Crippen LogP contribution in [0.3, 0.4) is 0 Å². The van der Waals surface area contributed by atoms with Gasteiger partial charge in [0.1, 0.15) is 0 Å². The highest BCUT2D eigenvalue weighted by molar-refractivity contribution is 8.02. The summed E-state index contributed by atoms with van der Waals surface area (Å²) in [4.78, 5) is 38.2. The molecule has 148 valence electrons. The van der Waals surface area contributed by atoms with E-state index in [4.69, 9.17) is 0 Å². The van der Waals surface area contributed by atoms with E-state index < -0.39 is 5.25 Å². The topological polar surface area (TPSA) is 92.3 Å². The Morgan fingerprint density at radius 2 is 2.00 bits per heavy atom. The number of amides is 2. The maximum atomic E-state index is 12.6. The third-order valence-corrected chi connectivity index (χ3v) is 6.40. The molecule has 1 aliphatic carbocycles. The van der Waals surface area contributed by atoms with E-state index in [-0.39, 0.29) is 23.6 Å². The lowest BCUT2D eigenvalue weighted by molar-refractivity contribution is -0.118. The normalized spacial score (nSPS) is 14.4. The first-order valence-electron chi connectivity index (χ1n) is 9.13. The van der Waals surface area contributed by atoms with E-state index in [2.05, 4.69) is 15.5 Å². The Kier molecular flexibility index (Phi) is 6.46. The van der Waals surface area contributed by atoms with Crippen LogP contribution in [0, 0.1) is 0 Å². The number of ketones is 1. The number of thioether (sulfide) groups is 1. The number of carbonyl (C=O) groups excluding carboxylic acids is 3. The number of hydrogen-bond acceptors (Lipinski definition) is 7. The van der Waals surface area contributed by atoms with E-state index in [0.29, 0.717) is 27.1 Å². The summed E-state index contributed by atoms with van der Waals surface area (Å²) in [6.07, 6.45) is 2.40. The van der Waals surface area contributed by atoms with Crippen molar-refractivity contribution in [3.05, 3.63) is 29.8 Å². The molecule has 9 heteroatoms. The molecule has 0 unspecified atom stereocenters. The number of para-hydroxylation sites is 1. The van der Waals surface area contributed by atoms with Crippen LogP contribution in [0.1, 0.15) is 50.4 Å². The fourth-order valence-corrected chi connectivity index (χ4v) is 4.73. The van der Waals surface area contributed by atoms with Crippen molar-refractivity contribution in [1.29, 1.82) is 0 Å². The fourth-order valence-electron chi connectivity index (χ4n) is 2.66. The summed E-state index contributed by atoms with van der Waals surface area (Å²) in [7, 11) is 0. The summed E-state index contributed by atoms with van der Waals surface area (Å²) in [5, 5.41) is 11.3. The highest BCUT2D eigenvalue weighted by Crippen LogP contribution is 2.37. The molecule has 2 amide bonds. The SMILES string of the molecule is CCC(=O)N(c1nnc(S[C@@H](C)C(=O)Nc2ccccc2C(C)=O)s1)C1CC1. The van der Waals surface area contributed by atoms with Crippen LogP contribution in [-0.4, -0.2) is 39.1 Å². The van der Waals surface area contributed by atoms with Gasteiger partial charge in [0.15, 0.2) is 10.1 Å². The second-order valence-corrected chi connectivity index (χ2v) is 9.09. The number of aromatic nitrogens is 2. The molecule has 0 saturated heterocycles. The summed E-state index contributed by atoms with van der Waals surface area (Å²) in [6, 6.07) is 7.15. The molecule has 2 aromatic rings. The van der Waals surface area contributed by atoms with Crippen molar-refractivity contribution in [3.63, 3.8) is 0 Å². The van der Waals surface area contributed by atoms with Crippen molar-refractivity contribution in [3.8, 4) is 0 Å². The Bertz CT molecular complexity index is 895. The van der Waals surface area contributed by atoms with Crippen LogP contribution < -0.4 is 10.2 Å². The molecule has 1 aromatic heterocycles. The number of rotatable bonds is 8. The van der Waals surface area contributed by atoms with Crippen molar-refractivity contribution in [2.75, 3.05) is 10.2 Å². The van der Waals surface area contributed by atoms with E-state index in [1.54, 1.807) is 36.1 Å². The molecule has 1 heterocycles. The van der Waals surface area contributed by atoms with Crippen LogP contribution in [0.5, 0.6) is 0 Å². The summed E-state index contributed by atoms with van der Waals surface area (Å²) in [5.74, 6) is -0.285. The number of benzene rings is 1. The molecule has 1 N–H and O–H groups in total. The number of nitrogens with zero attached hydrogens (tertiary/aromatic N) is 3. The van der Waals surface area contributed by atoms with Crippen molar-refractivity contribution in [2.24, 2.45) is 0 Å². The number of nitrogens with one attached hydrogen (secondary N) is 1. The molecule has 28 heavy (non-hydrogen) atoms. The molecule has 1 atom stereocenters. The third-order valence-electron chi connectivity index (χ3n) is 4.30. The van der Waals surface area contributed by atoms with E-state index in [1.165, 1.54) is 30.0 Å². The zero-order valence-corrected chi connectivity index (χ0v) is 17.6. The third kappa shape index (κ3) is 4.77. The van der Waals surface area contributed by atoms with Crippen LogP contribution in [-0.2, 0) is 9.59 Å². The Morgan fingerprint density at radius 3 is 2.64 bits per heavy atom. The highest BCUT2D eigenvalue weighted by Gasteiger charge is 2.35. The Labute approximate surface area is 171 Å². The van der Waals surface area contributed by atoms with Crippen LogP contribution in [0.2, 0.25) is 0 Å². The first-order valence-corrected chi connectivity index (χ1v) is 10.8. The van der Waals surface area contributed by atoms with Crippen LogP contribution in [0.4, 0.5) is 10.8 Å². The van der Waals surface area contributed by atoms with Crippen LogP contribution >= 0.6 is 23.1 Å². The molecule has 1 saturated carbocycles. The maximum absolute atomic E-state index is 12.6. The standard InChI is InChI=1S/C19H22N4O3S2/c1-4-16(25)23(13-9-10-13)18-21-22-19(28-18)27-12(3)17(26)20-15-8-6-5-7-14(15)11(2)24/h5-8,12-13H,4,9-10H2,1-3H3,(H,20,26)/t12-/m0/s1. The number of anilines is 2. The van der Waals surface area contributed by atoms with Crippen LogP contribution in [0.25, 0.3) is 0 Å². The van der Waals surface area contributed by atoms with Gasteiger partial charge in [-0.1, -0.05) is 42.2 Å². The van der Waals surface area contributed by atoms with Gasteiger partial charge in [-0.05, 0) is 38.8 Å². The summed E-state index contributed by atoms with van der Waals surface area (Å²) < 4.78 is 0.632. The molecule has 1 fully saturated rings. The van der Waals surface area contributed by atoms with Crippen LogP contribution in [0.15, 0.2) is 28.6 Å². The van der Waals surface area contributed by atoms with E-state index in [0.717, 1.165) is 12.8 Å². The molecule has 0 radical (unpaired) electrons. The van der Waals surface area contributed by atoms with Gasteiger partial charge < -0.3 is 5.32 Å². The molecule has 3 rings (SSSR count). The summed E-state index contributed by atoms with van der Waals surface area (Å²) in [5.41, 5.74) is 0.975. The lowest BCUT2D eigenvalue weighted by atomic mass is 10.1. The van der Waals surface area contributed by atoms with Crippen molar-refractivity contribution in [2.45, 2.75) is 55.7 Å². The van der Waals surface area contributed by atoms with Gasteiger partial charge in [0.25, 0.3) is 0 Å². The molecule has 0 spiro atoms. The quantitative estimate of drug-likeness (QED) is 0.399. The Balaban J connectivity index is 1.66. The predicted molar refractivity (Wildman–Crippen MR) is 111 cm³/mol. The molecule has 0 aliphatic heterocycles. The monoisotopic (exact) mass is 418 g/mol. The smallest absolute Gasteiger partial charge is 0.237 e. The number of hydrogen-bond donors (Lipinski definition) is 1. The van der Waals surface area contributed by atoms with Crippen molar-refractivity contribution >= 4 is 51.5 Å². The Morgan fingerprint density at radius 1 is 1.29 bits per heavy atom. The molecule has 7 nitrogen and oxygen atoms in total. The molecule has 1 aliphatic rings. The van der Waals surface area contributed by atoms with E-state index in [1.807, 2.05) is 6.92 Å². The predicted octanol–water partition coefficient (Wildman–Crippen LogP) is 3.77. The largest absolute Gasteiger partial charge is 0.324 e. The van der Waals surface area contributed by atoms with E-state index >= 15 is 0 Å². The highest BCUT2D eigenvalue weighted by atomic mass is 32.2. The lowest BCUT2D eigenvalue weighted by Crippen LogP contribution is -2.32. The second kappa shape index (κ2) is 8.83. The summed E-state index contributed by atoms with van der Waals surface area (Å²) in [6.45, 7) is 5.07. The molecular weight excluding hydrogens is 396 g/mol. The minimum absolute atomic E-state index is 0.0434. The minimum atomic E-state index is -0.433. The average molecular weight is 419 g/mol. The zero-order chi connectivity index (χ0) is 20.3.